The second kappa shape index (κ2) is 3.18. The molecule has 0 radical (unpaired) electrons. The molecule has 2 N–H and O–H groups in total. The highest BCUT2D eigenvalue weighted by molar-refractivity contribution is 7.96. The van der Waals surface area contributed by atoms with Crippen molar-refractivity contribution in [3.05, 3.63) is 34.2 Å². The van der Waals surface area contributed by atoms with Gasteiger partial charge in [-0.1, -0.05) is 18.2 Å². The Kier molecular flexibility index (Phi) is 2.20. The maximum Gasteiger partial charge on any atom is 0.205 e. The van der Waals surface area contributed by atoms with Gasteiger partial charge in [-0.25, -0.2) is 8.42 Å². The first-order valence-corrected chi connectivity index (χ1v) is 6.25. The quantitative estimate of drug-likeness (QED) is 0.784. The molecule has 80 valence electrons. The molecule has 1 aliphatic heterocycles. The second-order valence-corrected chi connectivity index (χ2v) is 5.72. The molecule has 0 aromatic heterocycles. The van der Waals surface area contributed by atoms with Gasteiger partial charge in [0.25, 0.3) is 0 Å². The number of aryl methyl sites for hydroxylation is 1. The van der Waals surface area contributed by atoms with Crippen LogP contribution in [-0.2, 0) is 9.84 Å². The Morgan fingerprint density at radius 3 is 2.53 bits per heavy atom. The van der Waals surface area contributed by atoms with E-state index in [0.717, 1.165) is 11.1 Å². The summed E-state index contributed by atoms with van der Waals surface area (Å²) in [6.45, 7) is 3.49. The van der Waals surface area contributed by atoms with Crippen LogP contribution in [0, 0.1) is 6.92 Å². The zero-order chi connectivity index (χ0) is 11.2. The first-order chi connectivity index (χ1) is 6.94. The predicted molar refractivity (Wildman–Crippen MR) is 60.0 cm³/mol. The lowest BCUT2D eigenvalue weighted by Crippen LogP contribution is -2.22. The van der Waals surface area contributed by atoms with Crippen molar-refractivity contribution in [2.75, 3.05) is 0 Å². The highest BCUT2D eigenvalue weighted by Crippen LogP contribution is 2.35. The fraction of sp³-hybridized carbons (Fsp3) is 0.273. The van der Waals surface area contributed by atoms with Crippen LogP contribution in [0.1, 0.15) is 18.1 Å². The van der Waals surface area contributed by atoms with Crippen molar-refractivity contribution in [1.29, 1.82) is 0 Å². The molecule has 0 fully saturated rings. The third kappa shape index (κ3) is 1.41. The van der Waals surface area contributed by atoms with Crippen LogP contribution in [0.5, 0.6) is 0 Å². The maximum atomic E-state index is 12.1. The summed E-state index contributed by atoms with van der Waals surface area (Å²) in [5.41, 5.74) is 7.18. The molecule has 2 rings (SSSR count). The molecule has 1 aromatic rings. The summed E-state index contributed by atoms with van der Waals surface area (Å²) in [5.74, 6) is 0. The van der Waals surface area contributed by atoms with Gasteiger partial charge >= 0.3 is 0 Å². The smallest absolute Gasteiger partial charge is 0.205 e. The number of hydrogen-bond acceptors (Lipinski definition) is 3. The molecule has 1 aromatic carbocycles. The minimum atomic E-state index is -3.34. The zero-order valence-corrected chi connectivity index (χ0v) is 9.51. The summed E-state index contributed by atoms with van der Waals surface area (Å²) in [6.07, 6.45) is 1.67. The fourth-order valence-corrected chi connectivity index (χ4v) is 3.82. The molecule has 1 heterocycles. The lowest BCUT2D eigenvalue weighted by molar-refractivity contribution is 0.599. The van der Waals surface area contributed by atoms with Crippen molar-refractivity contribution in [3.8, 4) is 0 Å². The van der Waals surface area contributed by atoms with Crippen molar-refractivity contribution in [2.45, 2.75) is 24.8 Å². The third-order valence-corrected chi connectivity index (χ3v) is 4.77. The molecule has 0 bridgehead atoms. The molecule has 4 heteroatoms. The van der Waals surface area contributed by atoms with Gasteiger partial charge in [0.2, 0.25) is 9.84 Å². The molecule has 3 nitrogen and oxygen atoms in total. The molecule has 0 aliphatic carbocycles. The van der Waals surface area contributed by atoms with Crippen molar-refractivity contribution < 1.29 is 8.42 Å². The summed E-state index contributed by atoms with van der Waals surface area (Å²) in [6, 6.07) is 5.00. The first-order valence-electron chi connectivity index (χ1n) is 4.76. The summed E-state index contributed by atoms with van der Waals surface area (Å²) < 4.78 is 24.2. The summed E-state index contributed by atoms with van der Waals surface area (Å²) in [4.78, 5) is 0.726. The molecular formula is C11H13NO2S. The molecule has 0 spiro atoms. The van der Waals surface area contributed by atoms with Gasteiger partial charge in [-0.05, 0) is 31.1 Å². The van der Waals surface area contributed by atoms with Crippen LogP contribution in [0.25, 0.3) is 6.08 Å². The van der Waals surface area contributed by atoms with Crippen molar-refractivity contribution in [1.82, 2.24) is 0 Å². The fourth-order valence-electron chi connectivity index (χ4n) is 1.88. The number of benzene rings is 1. The SMILES string of the molecule is Cc1cccc2c1S(=O)(=O)C(C(C)N)=C2. The van der Waals surface area contributed by atoms with E-state index >= 15 is 0 Å². The number of hydrogen-bond donors (Lipinski definition) is 1. The van der Waals surface area contributed by atoms with E-state index in [9.17, 15) is 8.42 Å². The van der Waals surface area contributed by atoms with Crippen LogP contribution in [0.2, 0.25) is 0 Å². The number of nitrogens with two attached hydrogens (primary N) is 1. The molecule has 0 saturated carbocycles. The largest absolute Gasteiger partial charge is 0.324 e. The van der Waals surface area contributed by atoms with Gasteiger partial charge in [-0.2, -0.15) is 0 Å². The average Bonchev–Trinajstić information content (AvgIpc) is 2.39. The monoisotopic (exact) mass is 223 g/mol. The van der Waals surface area contributed by atoms with Gasteiger partial charge in [0, 0.05) is 6.04 Å². The molecular weight excluding hydrogens is 210 g/mol. The second-order valence-electron chi connectivity index (χ2n) is 3.83. The number of rotatable bonds is 1. The summed E-state index contributed by atoms with van der Waals surface area (Å²) in [7, 11) is -3.34. The Morgan fingerprint density at radius 2 is 2.00 bits per heavy atom. The average molecular weight is 223 g/mol. The Balaban J connectivity index is 2.75. The Morgan fingerprint density at radius 1 is 1.33 bits per heavy atom. The van der Waals surface area contributed by atoms with E-state index in [1.807, 2.05) is 6.07 Å². The zero-order valence-electron chi connectivity index (χ0n) is 8.69. The van der Waals surface area contributed by atoms with Crippen LogP contribution in [0.4, 0.5) is 0 Å². The van der Waals surface area contributed by atoms with Gasteiger partial charge in [0.1, 0.15) is 0 Å². The van der Waals surface area contributed by atoms with Crippen molar-refractivity contribution in [2.24, 2.45) is 5.73 Å². The van der Waals surface area contributed by atoms with Gasteiger partial charge < -0.3 is 5.73 Å². The molecule has 1 unspecified atom stereocenters. The highest BCUT2D eigenvalue weighted by Gasteiger charge is 2.32. The number of fused-ring (bicyclic) bond motifs is 1. The van der Waals surface area contributed by atoms with E-state index in [1.54, 1.807) is 32.1 Å². The summed E-state index contributed by atoms with van der Waals surface area (Å²) >= 11 is 0. The van der Waals surface area contributed by atoms with Crippen LogP contribution in [0.3, 0.4) is 0 Å². The van der Waals surface area contributed by atoms with Gasteiger partial charge in [0.05, 0.1) is 9.80 Å². The van der Waals surface area contributed by atoms with E-state index in [0.29, 0.717) is 9.80 Å². The predicted octanol–water partition coefficient (Wildman–Crippen LogP) is 1.47. The maximum absolute atomic E-state index is 12.1. The van der Waals surface area contributed by atoms with Crippen LogP contribution in [0.15, 0.2) is 28.0 Å². The van der Waals surface area contributed by atoms with E-state index in [1.165, 1.54) is 0 Å². The Hall–Kier alpha value is -1.13. The molecule has 1 aliphatic rings. The minimum Gasteiger partial charge on any atom is -0.324 e. The lowest BCUT2D eigenvalue weighted by atomic mass is 10.1. The number of sulfone groups is 1. The molecule has 1 atom stereocenters. The van der Waals surface area contributed by atoms with E-state index in [-0.39, 0.29) is 0 Å². The highest BCUT2D eigenvalue weighted by atomic mass is 32.2. The first kappa shape index (κ1) is 10.4. The van der Waals surface area contributed by atoms with E-state index < -0.39 is 15.9 Å². The van der Waals surface area contributed by atoms with Crippen LogP contribution >= 0.6 is 0 Å². The lowest BCUT2D eigenvalue weighted by Gasteiger charge is -2.08. The van der Waals surface area contributed by atoms with Crippen LogP contribution < -0.4 is 5.73 Å². The molecule has 0 saturated heterocycles. The van der Waals surface area contributed by atoms with Crippen LogP contribution in [-0.4, -0.2) is 14.5 Å². The van der Waals surface area contributed by atoms with Crippen molar-refractivity contribution in [3.63, 3.8) is 0 Å². The topological polar surface area (TPSA) is 60.2 Å². The molecule has 15 heavy (non-hydrogen) atoms. The van der Waals surface area contributed by atoms with Gasteiger partial charge in [0.15, 0.2) is 0 Å². The van der Waals surface area contributed by atoms with Gasteiger partial charge in [-0.15, -0.1) is 0 Å². The minimum absolute atomic E-state index is 0.312. The third-order valence-electron chi connectivity index (χ3n) is 2.57. The van der Waals surface area contributed by atoms with E-state index in [4.69, 9.17) is 5.73 Å². The Labute approximate surface area is 89.5 Å². The molecule has 0 amide bonds. The van der Waals surface area contributed by atoms with Gasteiger partial charge in [-0.3, -0.25) is 0 Å². The summed E-state index contributed by atoms with van der Waals surface area (Å²) in [5, 5.41) is 0. The normalized spacial score (nSPS) is 19.5. The van der Waals surface area contributed by atoms with E-state index in [2.05, 4.69) is 0 Å². The Bertz CT molecular complexity index is 542. The van der Waals surface area contributed by atoms with Crippen molar-refractivity contribution >= 4 is 15.9 Å². The standard InChI is InChI=1S/C11H13NO2S/c1-7-4-3-5-9-6-10(8(2)12)15(13,14)11(7)9/h3-6,8H,12H2,1-2H3.